The van der Waals surface area contributed by atoms with Crippen molar-refractivity contribution < 1.29 is 9.90 Å². The van der Waals surface area contributed by atoms with Gasteiger partial charge in [0.1, 0.15) is 5.65 Å². The fraction of sp³-hybridized carbons (Fsp3) is 0.368. The van der Waals surface area contributed by atoms with Crippen molar-refractivity contribution >= 4 is 17.2 Å². The molecule has 1 amide bonds. The van der Waals surface area contributed by atoms with Crippen LogP contribution in [0, 0.1) is 5.92 Å². The van der Waals surface area contributed by atoms with E-state index in [9.17, 15) is 14.7 Å². The van der Waals surface area contributed by atoms with Gasteiger partial charge in [-0.05, 0) is 24.8 Å². The van der Waals surface area contributed by atoms with Crippen LogP contribution in [-0.2, 0) is 6.54 Å². The Bertz CT molecular complexity index is 1130. The first-order valence-corrected chi connectivity index (χ1v) is 9.23. The minimum absolute atomic E-state index is 0.0592. The topological polar surface area (TPSA) is 128 Å². The van der Waals surface area contributed by atoms with Crippen molar-refractivity contribution in [2.45, 2.75) is 39.3 Å². The first kappa shape index (κ1) is 18.0. The van der Waals surface area contributed by atoms with Crippen LogP contribution in [-0.4, -0.2) is 36.2 Å². The van der Waals surface area contributed by atoms with E-state index in [4.69, 9.17) is 5.73 Å². The summed E-state index contributed by atoms with van der Waals surface area (Å²) in [6, 6.07) is 3.37. The Balaban J connectivity index is 1.95. The van der Waals surface area contributed by atoms with Crippen molar-refractivity contribution in [2.75, 3.05) is 5.73 Å². The van der Waals surface area contributed by atoms with Gasteiger partial charge in [0, 0.05) is 42.3 Å². The molecule has 0 saturated heterocycles. The Hall–Kier alpha value is -3.36. The quantitative estimate of drug-likeness (QED) is 0.612. The molecule has 9 nitrogen and oxygen atoms in total. The maximum atomic E-state index is 13.1. The number of nitrogens with one attached hydrogen (secondary N) is 1. The van der Waals surface area contributed by atoms with Crippen molar-refractivity contribution in [3.05, 3.63) is 40.4 Å². The Morgan fingerprint density at radius 2 is 2.18 bits per heavy atom. The number of fused-ring (bicyclic) bond motifs is 1. The van der Waals surface area contributed by atoms with Gasteiger partial charge in [-0.25, -0.2) is 0 Å². The predicted octanol–water partition coefficient (Wildman–Crippen LogP) is 1.39. The van der Waals surface area contributed by atoms with Crippen molar-refractivity contribution in [1.82, 2.24) is 24.5 Å². The highest BCUT2D eigenvalue weighted by molar-refractivity contribution is 5.96. The van der Waals surface area contributed by atoms with Gasteiger partial charge in [0.05, 0.1) is 5.69 Å². The van der Waals surface area contributed by atoms with Crippen molar-refractivity contribution in [3.8, 4) is 17.1 Å². The van der Waals surface area contributed by atoms with Gasteiger partial charge in [-0.15, -0.1) is 0 Å². The third kappa shape index (κ3) is 3.08. The maximum absolute atomic E-state index is 13.1. The van der Waals surface area contributed by atoms with Crippen LogP contribution >= 0.6 is 0 Å². The second kappa shape index (κ2) is 6.66. The molecule has 3 aromatic rings. The Labute approximate surface area is 160 Å². The SMILES string of the molecule is CC(C)Cn1c(=O)c(C(=O)NC2CC2)c(O)n2nc(-c3cnccc3N)cc12. The number of pyridine rings is 1. The summed E-state index contributed by atoms with van der Waals surface area (Å²) in [5.41, 5.74) is 7.08. The average molecular weight is 382 g/mol. The second-order valence-electron chi connectivity index (χ2n) is 7.52. The molecule has 1 aliphatic carbocycles. The minimum atomic E-state index is -0.581. The summed E-state index contributed by atoms with van der Waals surface area (Å²) in [4.78, 5) is 29.7. The van der Waals surface area contributed by atoms with Crippen LogP contribution in [0.15, 0.2) is 29.3 Å². The summed E-state index contributed by atoms with van der Waals surface area (Å²) in [6.07, 6.45) is 4.89. The van der Waals surface area contributed by atoms with E-state index in [2.05, 4.69) is 15.4 Å². The van der Waals surface area contributed by atoms with Gasteiger partial charge in [-0.2, -0.15) is 9.61 Å². The van der Waals surface area contributed by atoms with E-state index < -0.39 is 17.3 Å². The molecule has 4 rings (SSSR count). The van der Waals surface area contributed by atoms with Crippen LogP contribution in [0.1, 0.15) is 37.0 Å². The van der Waals surface area contributed by atoms with Gasteiger partial charge in [-0.3, -0.25) is 19.1 Å². The summed E-state index contributed by atoms with van der Waals surface area (Å²) >= 11 is 0. The van der Waals surface area contributed by atoms with E-state index in [1.807, 2.05) is 13.8 Å². The molecule has 0 spiro atoms. The van der Waals surface area contributed by atoms with Crippen LogP contribution in [0.5, 0.6) is 5.88 Å². The molecule has 0 atom stereocenters. The Kier molecular flexibility index (Phi) is 4.29. The number of amides is 1. The molecule has 0 bridgehead atoms. The number of aromatic nitrogens is 4. The predicted molar refractivity (Wildman–Crippen MR) is 104 cm³/mol. The van der Waals surface area contributed by atoms with Crippen molar-refractivity contribution in [1.29, 1.82) is 0 Å². The number of nitrogens with two attached hydrogens (primary N) is 1. The summed E-state index contributed by atoms with van der Waals surface area (Å²) in [6.45, 7) is 4.31. The van der Waals surface area contributed by atoms with Crippen LogP contribution < -0.4 is 16.6 Å². The monoisotopic (exact) mass is 382 g/mol. The fourth-order valence-electron chi connectivity index (χ4n) is 3.14. The zero-order valence-corrected chi connectivity index (χ0v) is 15.7. The number of nitrogen functional groups attached to an aromatic ring is 1. The summed E-state index contributed by atoms with van der Waals surface area (Å²) < 4.78 is 2.68. The molecular weight excluding hydrogens is 360 g/mol. The third-order valence-electron chi connectivity index (χ3n) is 4.67. The van der Waals surface area contributed by atoms with E-state index in [1.54, 1.807) is 24.5 Å². The zero-order valence-electron chi connectivity index (χ0n) is 15.7. The van der Waals surface area contributed by atoms with Crippen LogP contribution in [0.2, 0.25) is 0 Å². The number of carbonyl (C=O) groups excluding carboxylic acids is 1. The van der Waals surface area contributed by atoms with Gasteiger partial charge in [0.2, 0.25) is 5.88 Å². The number of carbonyl (C=O) groups is 1. The summed E-state index contributed by atoms with van der Waals surface area (Å²) in [5.74, 6) is -0.915. The molecule has 9 heteroatoms. The Morgan fingerprint density at radius 1 is 1.43 bits per heavy atom. The first-order chi connectivity index (χ1) is 13.4. The number of aromatic hydroxyl groups is 1. The zero-order chi connectivity index (χ0) is 20.0. The molecule has 1 saturated carbocycles. The first-order valence-electron chi connectivity index (χ1n) is 9.23. The highest BCUT2D eigenvalue weighted by Crippen LogP contribution is 2.27. The highest BCUT2D eigenvalue weighted by Gasteiger charge is 2.29. The van der Waals surface area contributed by atoms with Crippen LogP contribution in [0.4, 0.5) is 5.69 Å². The lowest BCUT2D eigenvalue weighted by Gasteiger charge is -2.14. The van der Waals surface area contributed by atoms with Crippen molar-refractivity contribution in [3.63, 3.8) is 0 Å². The lowest BCUT2D eigenvalue weighted by atomic mass is 10.2. The van der Waals surface area contributed by atoms with Gasteiger partial charge in [0.15, 0.2) is 5.56 Å². The second-order valence-corrected chi connectivity index (χ2v) is 7.52. The lowest BCUT2D eigenvalue weighted by molar-refractivity contribution is 0.0944. The Morgan fingerprint density at radius 3 is 2.82 bits per heavy atom. The summed E-state index contributed by atoms with van der Waals surface area (Å²) in [7, 11) is 0. The molecule has 3 heterocycles. The maximum Gasteiger partial charge on any atom is 0.270 e. The van der Waals surface area contributed by atoms with E-state index in [1.165, 1.54) is 9.08 Å². The van der Waals surface area contributed by atoms with E-state index in [0.29, 0.717) is 29.1 Å². The lowest BCUT2D eigenvalue weighted by Crippen LogP contribution is -2.36. The molecule has 1 aliphatic rings. The number of hydrogen-bond acceptors (Lipinski definition) is 6. The van der Waals surface area contributed by atoms with E-state index >= 15 is 0 Å². The van der Waals surface area contributed by atoms with Gasteiger partial charge < -0.3 is 16.2 Å². The van der Waals surface area contributed by atoms with E-state index in [0.717, 1.165) is 12.8 Å². The molecule has 4 N–H and O–H groups in total. The van der Waals surface area contributed by atoms with E-state index in [-0.39, 0.29) is 17.5 Å². The number of anilines is 1. The number of rotatable bonds is 5. The van der Waals surface area contributed by atoms with Crippen molar-refractivity contribution in [2.24, 2.45) is 5.92 Å². The number of hydrogen-bond donors (Lipinski definition) is 3. The molecule has 3 aromatic heterocycles. The molecule has 146 valence electrons. The normalized spacial score (nSPS) is 14.0. The molecule has 0 aliphatic heterocycles. The van der Waals surface area contributed by atoms with Gasteiger partial charge in [-0.1, -0.05) is 13.8 Å². The standard InChI is InChI=1S/C19H22N6O3/c1-10(2)9-24-15-7-14(12-8-21-6-5-13(12)20)23-25(15)19(28)16(18(24)27)17(26)22-11-3-4-11/h5-8,10-11,28H,3-4,9H2,1-2H3,(H2,20,21)(H,22,26). The molecule has 1 fully saturated rings. The van der Waals surface area contributed by atoms with Gasteiger partial charge >= 0.3 is 0 Å². The highest BCUT2D eigenvalue weighted by atomic mass is 16.3. The molecule has 0 unspecified atom stereocenters. The smallest absolute Gasteiger partial charge is 0.270 e. The molecule has 0 radical (unpaired) electrons. The average Bonchev–Trinajstić information content (AvgIpc) is 3.33. The molecule has 0 aromatic carbocycles. The summed E-state index contributed by atoms with van der Waals surface area (Å²) in [5, 5.41) is 17.9. The third-order valence-corrected chi connectivity index (χ3v) is 4.67. The largest absolute Gasteiger partial charge is 0.492 e. The van der Waals surface area contributed by atoms with Crippen LogP contribution in [0.25, 0.3) is 16.9 Å². The van der Waals surface area contributed by atoms with Gasteiger partial charge in [0.25, 0.3) is 11.5 Å². The van der Waals surface area contributed by atoms with Crippen LogP contribution in [0.3, 0.4) is 0 Å². The molecular formula is C19H22N6O3. The molecule has 28 heavy (non-hydrogen) atoms. The fourth-order valence-corrected chi connectivity index (χ4v) is 3.14. The minimum Gasteiger partial charge on any atom is -0.492 e. The number of nitrogens with zero attached hydrogens (tertiary/aromatic N) is 4.